The Hall–Kier alpha value is -2.30. The molecule has 3 heterocycles. The number of aromatic nitrogens is 2. The van der Waals surface area contributed by atoms with Gasteiger partial charge in [-0.1, -0.05) is 30.3 Å². The summed E-state index contributed by atoms with van der Waals surface area (Å²) in [7, 11) is 0. The van der Waals surface area contributed by atoms with E-state index in [4.69, 9.17) is 15.3 Å². The molecule has 9 heteroatoms. The average Bonchev–Trinajstić information content (AvgIpc) is 3.25. The zero-order valence-corrected chi connectivity index (χ0v) is 14.0. The molecule has 2 aliphatic rings. The van der Waals surface area contributed by atoms with Crippen LogP contribution in [-0.4, -0.2) is 50.0 Å². The zero-order valence-electron chi connectivity index (χ0n) is 14.0. The van der Waals surface area contributed by atoms with E-state index >= 15 is 0 Å². The molecule has 0 bridgehead atoms. The molecule has 1 fully saturated rings. The van der Waals surface area contributed by atoms with Crippen LogP contribution >= 0.6 is 0 Å². The minimum atomic E-state index is -0.727. The number of benzene rings is 1. The molecule has 4 atom stereocenters. The maximum Gasteiger partial charge on any atom is 0.163 e. The van der Waals surface area contributed by atoms with Gasteiger partial charge in [0.2, 0.25) is 0 Å². The first-order valence-electron chi connectivity index (χ1n) is 8.43. The molecule has 1 aromatic carbocycles. The Morgan fingerprint density at radius 2 is 2.12 bits per heavy atom. The van der Waals surface area contributed by atoms with Crippen molar-refractivity contribution in [2.75, 3.05) is 6.61 Å². The summed E-state index contributed by atoms with van der Waals surface area (Å²) in [5, 5.41) is 20.6. The highest BCUT2D eigenvalue weighted by Gasteiger charge is 2.37. The fourth-order valence-electron chi connectivity index (χ4n) is 3.11. The molecule has 0 spiro atoms. The van der Waals surface area contributed by atoms with Crippen LogP contribution in [0.1, 0.15) is 30.1 Å². The van der Waals surface area contributed by atoms with Crippen LogP contribution in [0.5, 0.6) is 0 Å². The Balaban J connectivity index is 1.47. The van der Waals surface area contributed by atoms with Crippen LogP contribution in [0.15, 0.2) is 41.7 Å². The number of hydrogen-bond acceptors (Lipinski definition) is 8. The molecule has 26 heavy (non-hydrogen) atoms. The monoisotopic (exact) mass is 359 g/mol. The second-order valence-corrected chi connectivity index (χ2v) is 6.28. The molecule has 2 aromatic rings. The Labute approximate surface area is 150 Å². The van der Waals surface area contributed by atoms with Gasteiger partial charge >= 0.3 is 0 Å². The minimum absolute atomic E-state index is 0.238. The van der Waals surface area contributed by atoms with E-state index in [-0.39, 0.29) is 6.61 Å². The Bertz CT molecular complexity index is 781. The zero-order chi connectivity index (χ0) is 18.1. The van der Waals surface area contributed by atoms with Gasteiger partial charge in [0.15, 0.2) is 12.0 Å². The Morgan fingerprint density at radius 1 is 1.31 bits per heavy atom. The molecule has 1 aromatic heterocycles. The summed E-state index contributed by atoms with van der Waals surface area (Å²) < 4.78 is 7.39. The molecule has 4 rings (SSSR count). The van der Waals surface area contributed by atoms with Crippen LogP contribution in [0.4, 0.5) is 5.82 Å². The third-order valence-electron chi connectivity index (χ3n) is 4.56. The quantitative estimate of drug-likeness (QED) is 0.715. The molecule has 9 nitrogen and oxygen atoms in total. The number of ether oxygens (including phenoxy) is 1. The van der Waals surface area contributed by atoms with Crippen LogP contribution < -0.4 is 5.73 Å². The van der Waals surface area contributed by atoms with Crippen molar-refractivity contribution < 1.29 is 19.8 Å². The molecule has 0 aliphatic carbocycles. The number of hydroxylamine groups is 2. The van der Waals surface area contributed by atoms with Crippen LogP contribution in [0.25, 0.3) is 0 Å². The first-order valence-corrected chi connectivity index (χ1v) is 8.43. The number of aliphatic hydroxyl groups is 2. The maximum atomic E-state index is 9.92. The van der Waals surface area contributed by atoms with Gasteiger partial charge < -0.3 is 20.7 Å². The van der Waals surface area contributed by atoms with E-state index in [1.165, 1.54) is 11.4 Å². The molecule has 1 saturated heterocycles. The summed E-state index contributed by atoms with van der Waals surface area (Å²) >= 11 is 0. The number of hydrogen-bond donors (Lipinski definition) is 3. The Morgan fingerprint density at radius 3 is 2.85 bits per heavy atom. The van der Waals surface area contributed by atoms with Crippen molar-refractivity contribution in [1.82, 2.24) is 14.6 Å². The molecule has 138 valence electrons. The largest absolute Gasteiger partial charge is 0.394 e. The molecular formula is C17H21N5O4. The standard InChI is InChI=1S/C17H21N5O4/c18-16-15-17(20-10-22(16)25-8-11-4-2-1-3-5-11)21(9-19-15)14-6-12(24)13(7-23)26-14/h1-5,9-10,12-14,16,23-24H,6-8,18H2/t12?,13-,14-,16?/m1/s1. The summed E-state index contributed by atoms with van der Waals surface area (Å²) in [6.45, 7) is 0.130. The van der Waals surface area contributed by atoms with Gasteiger partial charge in [0, 0.05) is 6.42 Å². The Kier molecular flexibility index (Phi) is 4.70. The van der Waals surface area contributed by atoms with Crippen molar-refractivity contribution in [2.24, 2.45) is 10.7 Å². The van der Waals surface area contributed by atoms with E-state index in [2.05, 4.69) is 9.98 Å². The van der Waals surface area contributed by atoms with E-state index in [0.29, 0.717) is 24.5 Å². The second-order valence-electron chi connectivity index (χ2n) is 6.28. The fourth-order valence-corrected chi connectivity index (χ4v) is 3.11. The first kappa shape index (κ1) is 17.1. The second kappa shape index (κ2) is 7.14. The molecule has 2 aliphatic heterocycles. The fraction of sp³-hybridized carbons (Fsp3) is 0.412. The van der Waals surface area contributed by atoms with Gasteiger partial charge in [0.1, 0.15) is 31.0 Å². The predicted octanol–water partition coefficient (Wildman–Crippen LogP) is 0.588. The van der Waals surface area contributed by atoms with E-state index in [9.17, 15) is 10.2 Å². The molecule has 0 saturated carbocycles. The van der Waals surface area contributed by atoms with Gasteiger partial charge in [-0.2, -0.15) is 0 Å². The normalized spacial score (nSPS) is 27.7. The number of imidazole rings is 1. The lowest BCUT2D eigenvalue weighted by Gasteiger charge is -2.28. The average molecular weight is 359 g/mol. The lowest BCUT2D eigenvalue weighted by molar-refractivity contribution is -0.136. The van der Waals surface area contributed by atoms with Gasteiger partial charge in [-0.3, -0.25) is 9.40 Å². The van der Waals surface area contributed by atoms with Crippen LogP contribution in [-0.2, 0) is 16.2 Å². The lowest BCUT2D eigenvalue weighted by atomic mass is 10.2. The molecule has 4 N–H and O–H groups in total. The summed E-state index contributed by atoms with van der Waals surface area (Å²) in [5.74, 6) is 0.563. The molecule has 0 amide bonds. The van der Waals surface area contributed by atoms with E-state index in [1.807, 2.05) is 30.3 Å². The van der Waals surface area contributed by atoms with Gasteiger partial charge in [-0.15, -0.1) is 0 Å². The lowest BCUT2D eigenvalue weighted by Crippen LogP contribution is -2.36. The number of rotatable bonds is 5. The van der Waals surface area contributed by atoms with Crippen molar-refractivity contribution in [3.8, 4) is 0 Å². The topological polar surface area (TPSA) is 118 Å². The first-order chi connectivity index (χ1) is 12.7. The smallest absolute Gasteiger partial charge is 0.163 e. The highest BCUT2D eigenvalue weighted by molar-refractivity contribution is 5.64. The van der Waals surface area contributed by atoms with Crippen molar-refractivity contribution in [2.45, 2.75) is 37.6 Å². The number of nitrogens with zero attached hydrogens (tertiary/aromatic N) is 4. The number of aliphatic hydroxyl groups excluding tert-OH is 2. The summed E-state index contributed by atoms with van der Waals surface area (Å²) in [6, 6.07) is 9.76. The van der Waals surface area contributed by atoms with E-state index in [0.717, 1.165) is 5.56 Å². The van der Waals surface area contributed by atoms with Gasteiger partial charge in [0.05, 0.1) is 19.0 Å². The highest BCUT2D eigenvalue weighted by Crippen LogP contribution is 2.36. The van der Waals surface area contributed by atoms with Gasteiger partial charge in [-0.25, -0.2) is 15.0 Å². The minimum Gasteiger partial charge on any atom is -0.394 e. The van der Waals surface area contributed by atoms with Crippen molar-refractivity contribution in [3.63, 3.8) is 0 Å². The van der Waals surface area contributed by atoms with E-state index in [1.54, 1.807) is 10.9 Å². The van der Waals surface area contributed by atoms with Crippen molar-refractivity contribution in [1.29, 1.82) is 0 Å². The molecular weight excluding hydrogens is 338 g/mol. The van der Waals surface area contributed by atoms with Crippen molar-refractivity contribution >= 4 is 12.2 Å². The third kappa shape index (κ3) is 3.11. The maximum absolute atomic E-state index is 9.92. The summed E-state index contributed by atoms with van der Waals surface area (Å²) in [5.41, 5.74) is 7.83. The summed E-state index contributed by atoms with van der Waals surface area (Å²) in [4.78, 5) is 14.5. The third-order valence-corrected chi connectivity index (χ3v) is 4.56. The number of aliphatic imine (C=N–C) groups is 1. The van der Waals surface area contributed by atoms with E-state index < -0.39 is 24.6 Å². The van der Waals surface area contributed by atoms with Gasteiger partial charge in [0.25, 0.3) is 0 Å². The molecule has 2 unspecified atom stereocenters. The number of nitrogens with two attached hydrogens (primary N) is 1. The van der Waals surface area contributed by atoms with Crippen LogP contribution in [0.2, 0.25) is 0 Å². The van der Waals surface area contributed by atoms with Crippen LogP contribution in [0, 0.1) is 0 Å². The highest BCUT2D eigenvalue weighted by atomic mass is 16.7. The van der Waals surface area contributed by atoms with Crippen molar-refractivity contribution in [3.05, 3.63) is 47.9 Å². The summed E-state index contributed by atoms with van der Waals surface area (Å²) in [6.07, 6.45) is 1.07. The van der Waals surface area contributed by atoms with Gasteiger partial charge in [-0.05, 0) is 5.56 Å². The molecule has 0 radical (unpaired) electrons. The van der Waals surface area contributed by atoms with Crippen LogP contribution in [0.3, 0.4) is 0 Å². The predicted molar refractivity (Wildman–Crippen MR) is 92.0 cm³/mol. The number of fused-ring (bicyclic) bond motifs is 1. The SMILES string of the molecule is NC1c2ncn([C@H]3CC(O)[C@@H](CO)O3)c2N=CN1OCc1ccccc1.